The van der Waals surface area contributed by atoms with Crippen LogP contribution >= 0.6 is 0 Å². The minimum atomic E-state index is -0.803. The van der Waals surface area contributed by atoms with Crippen molar-refractivity contribution in [3.8, 4) is 0 Å². The van der Waals surface area contributed by atoms with E-state index in [2.05, 4.69) is 12.2 Å². The van der Waals surface area contributed by atoms with Crippen LogP contribution in [0, 0.1) is 5.41 Å². The van der Waals surface area contributed by atoms with Crippen LogP contribution in [0.4, 0.5) is 0 Å². The molecule has 0 aromatic heterocycles. The Balaban J connectivity index is 2.23. The summed E-state index contributed by atoms with van der Waals surface area (Å²) in [6.45, 7) is 3.87. The molecule has 1 aliphatic carbocycles. The molecule has 0 heterocycles. The smallest absolute Gasteiger partial charge is 0.303 e. The van der Waals surface area contributed by atoms with Gasteiger partial charge in [0.05, 0.1) is 13.0 Å². The third-order valence-corrected chi connectivity index (χ3v) is 3.94. The number of aliphatic carboxylic acids is 1. The minimum absolute atomic E-state index is 0.0489. The van der Waals surface area contributed by atoms with Crippen LogP contribution in [0.1, 0.15) is 58.3 Å². The lowest BCUT2D eigenvalue weighted by atomic mass is 9.79. The molecule has 5 nitrogen and oxygen atoms in total. The maximum Gasteiger partial charge on any atom is 0.303 e. The fourth-order valence-electron chi connectivity index (χ4n) is 2.88. The molecule has 0 saturated heterocycles. The Morgan fingerprint density at radius 1 is 1.20 bits per heavy atom. The third kappa shape index (κ3) is 6.37. The van der Waals surface area contributed by atoms with E-state index in [4.69, 9.17) is 9.84 Å². The zero-order valence-electron chi connectivity index (χ0n) is 12.5. The zero-order chi connectivity index (χ0) is 14.8. The molecule has 1 rings (SSSR count). The number of carboxylic acid groups (broad SMARTS) is 1. The second-order valence-electron chi connectivity index (χ2n) is 5.77. The van der Waals surface area contributed by atoms with Crippen molar-refractivity contribution in [1.29, 1.82) is 0 Å². The number of hydrogen-bond donors (Lipinski definition) is 2. The first kappa shape index (κ1) is 17.0. The normalized spacial score (nSPS) is 17.1. The molecule has 0 bridgehead atoms. The summed E-state index contributed by atoms with van der Waals surface area (Å²) in [5.74, 6) is -0.852. The average molecular weight is 285 g/mol. The number of nitrogens with one attached hydrogen (secondary N) is 1. The molecule has 1 fully saturated rings. The van der Waals surface area contributed by atoms with Crippen molar-refractivity contribution in [3.63, 3.8) is 0 Å². The summed E-state index contributed by atoms with van der Waals surface area (Å²) in [5.41, 5.74) is -0.320. The van der Waals surface area contributed by atoms with Crippen LogP contribution in [0.2, 0.25) is 0 Å². The topological polar surface area (TPSA) is 75.6 Å². The molecule has 0 aliphatic heterocycles. The minimum Gasteiger partial charge on any atom is -0.481 e. The van der Waals surface area contributed by atoms with E-state index < -0.39 is 5.97 Å². The second-order valence-corrected chi connectivity index (χ2v) is 5.77. The first-order chi connectivity index (χ1) is 9.58. The van der Waals surface area contributed by atoms with E-state index in [9.17, 15) is 9.59 Å². The highest BCUT2D eigenvalue weighted by atomic mass is 16.5. The van der Waals surface area contributed by atoms with Crippen molar-refractivity contribution in [2.75, 3.05) is 19.8 Å². The van der Waals surface area contributed by atoms with E-state index in [1.165, 1.54) is 0 Å². The Morgan fingerprint density at radius 2 is 1.90 bits per heavy atom. The summed E-state index contributed by atoms with van der Waals surface area (Å²) >= 11 is 0. The summed E-state index contributed by atoms with van der Waals surface area (Å²) in [6.07, 6.45) is 6.32. The van der Waals surface area contributed by atoms with Crippen molar-refractivity contribution in [2.45, 2.75) is 58.3 Å². The van der Waals surface area contributed by atoms with Crippen molar-refractivity contribution in [3.05, 3.63) is 0 Å². The van der Waals surface area contributed by atoms with Crippen LogP contribution in [0.3, 0.4) is 0 Å². The van der Waals surface area contributed by atoms with Crippen LogP contribution in [-0.2, 0) is 14.3 Å². The Kier molecular flexibility index (Phi) is 7.59. The average Bonchev–Trinajstić information content (AvgIpc) is 2.80. The van der Waals surface area contributed by atoms with Gasteiger partial charge in [0.15, 0.2) is 0 Å². The number of carbonyl (C=O) groups excluding carboxylic acids is 1. The van der Waals surface area contributed by atoms with Gasteiger partial charge in [-0.05, 0) is 24.7 Å². The Bertz CT molecular complexity index is 311. The highest BCUT2D eigenvalue weighted by molar-refractivity contribution is 5.78. The molecular formula is C15H27NO4. The van der Waals surface area contributed by atoms with E-state index in [1.54, 1.807) is 0 Å². The molecule has 1 amide bonds. The maximum atomic E-state index is 11.9. The van der Waals surface area contributed by atoms with E-state index >= 15 is 0 Å². The standard InChI is InChI=1S/C15H27NO4/c1-2-3-9-20-10-8-16-13(17)11-15(12-14(18)19)6-4-5-7-15/h2-12H2,1H3,(H,16,17)(H,18,19). The SMILES string of the molecule is CCCCOCCNC(=O)CC1(CC(=O)O)CCCC1. The van der Waals surface area contributed by atoms with Crippen molar-refractivity contribution >= 4 is 11.9 Å². The first-order valence-electron chi connectivity index (χ1n) is 7.64. The number of carboxylic acids is 1. The summed E-state index contributed by atoms with van der Waals surface area (Å²) in [4.78, 5) is 22.9. The molecule has 0 aromatic rings. The molecule has 0 spiro atoms. The molecule has 5 heteroatoms. The number of hydrogen-bond acceptors (Lipinski definition) is 3. The lowest BCUT2D eigenvalue weighted by Gasteiger charge is -2.26. The predicted octanol–water partition coefficient (Wildman–Crippen LogP) is 2.34. The Morgan fingerprint density at radius 3 is 2.50 bits per heavy atom. The Hall–Kier alpha value is -1.10. The summed E-state index contributed by atoms with van der Waals surface area (Å²) in [6, 6.07) is 0. The fraction of sp³-hybridized carbons (Fsp3) is 0.867. The van der Waals surface area contributed by atoms with Crippen molar-refractivity contribution in [1.82, 2.24) is 5.32 Å². The maximum absolute atomic E-state index is 11.9. The highest BCUT2D eigenvalue weighted by Gasteiger charge is 2.37. The molecule has 20 heavy (non-hydrogen) atoms. The summed E-state index contributed by atoms with van der Waals surface area (Å²) in [7, 11) is 0. The molecule has 0 aromatic carbocycles. The number of rotatable bonds is 10. The van der Waals surface area contributed by atoms with Crippen LogP contribution in [0.25, 0.3) is 0 Å². The monoisotopic (exact) mass is 285 g/mol. The quantitative estimate of drug-likeness (QED) is 0.604. The van der Waals surface area contributed by atoms with Crippen molar-refractivity contribution < 1.29 is 19.4 Å². The Labute approximate surface area is 121 Å². The van der Waals surface area contributed by atoms with Gasteiger partial charge in [0, 0.05) is 19.6 Å². The number of amides is 1. The lowest BCUT2D eigenvalue weighted by molar-refractivity contribution is -0.140. The van der Waals surface area contributed by atoms with Crippen molar-refractivity contribution in [2.24, 2.45) is 5.41 Å². The number of unbranched alkanes of at least 4 members (excludes halogenated alkanes) is 1. The van der Waals surface area contributed by atoms with Gasteiger partial charge in [-0.25, -0.2) is 0 Å². The summed E-state index contributed by atoms with van der Waals surface area (Å²) < 4.78 is 5.38. The van der Waals surface area contributed by atoms with Gasteiger partial charge in [-0.2, -0.15) is 0 Å². The molecule has 2 N–H and O–H groups in total. The van der Waals surface area contributed by atoms with Crippen LogP contribution in [-0.4, -0.2) is 36.7 Å². The first-order valence-corrected chi connectivity index (χ1v) is 7.64. The fourth-order valence-corrected chi connectivity index (χ4v) is 2.88. The van der Waals surface area contributed by atoms with E-state index in [-0.39, 0.29) is 17.7 Å². The van der Waals surface area contributed by atoms with Gasteiger partial charge in [-0.1, -0.05) is 26.2 Å². The van der Waals surface area contributed by atoms with Crippen LogP contribution in [0.5, 0.6) is 0 Å². The van der Waals surface area contributed by atoms with Gasteiger partial charge in [-0.3, -0.25) is 9.59 Å². The van der Waals surface area contributed by atoms with E-state index in [0.29, 0.717) is 19.6 Å². The van der Waals surface area contributed by atoms with Gasteiger partial charge >= 0.3 is 5.97 Å². The predicted molar refractivity (Wildman–Crippen MR) is 76.5 cm³/mol. The molecule has 0 unspecified atom stereocenters. The lowest BCUT2D eigenvalue weighted by Crippen LogP contribution is -2.33. The third-order valence-electron chi connectivity index (χ3n) is 3.94. The summed E-state index contributed by atoms with van der Waals surface area (Å²) in [5, 5.41) is 11.8. The van der Waals surface area contributed by atoms with E-state index in [1.807, 2.05) is 0 Å². The van der Waals surface area contributed by atoms with Crippen LogP contribution < -0.4 is 5.32 Å². The van der Waals surface area contributed by atoms with Gasteiger partial charge in [0.1, 0.15) is 0 Å². The molecule has 116 valence electrons. The molecular weight excluding hydrogens is 258 g/mol. The molecule has 1 aliphatic rings. The number of ether oxygens (including phenoxy) is 1. The van der Waals surface area contributed by atoms with Gasteiger partial charge in [0.2, 0.25) is 5.91 Å². The largest absolute Gasteiger partial charge is 0.481 e. The highest BCUT2D eigenvalue weighted by Crippen LogP contribution is 2.43. The van der Waals surface area contributed by atoms with Gasteiger partial charge in [0.25, 0.3) is 0 Å². The number of carbonyl (C=O) groups is 2. The van der Waals surface area contributed by atoms with Crippen LogP contribution in [0.15, 0.2) is 0 Å². The molecule has 1 saturated carbocycles. The molecule has 0 radical (unpaired) electrons. The van der Waals surface area contributed by atoms with Gasteiger partial charge in [-0.15, -0.1) is 0 Å². The second kappa shape index (κ2) is 8.95. The van der Waals surface area contributed by atoms with Gasteiger partial charge < -0.3 is 15.2 Å². The van der Waals surface area contributed by atoms with E-state index in [0.717, 1.165) is 45.1 Å². The molecule has 0 atom stereocenters. The zero-order valence-corrected chi connectivity index (χ0v) is 12.5.